The van der Waals surface area contributed by atoms with Crippen LogP contribution >= 0.6 is 0 Å². The molecule has 1 aromatic rings. The highest BCUT2D eigenvalue weighted by Crippen LogP contribution is 2.30. The van der Waals surface area contributed by atoms with Crippen LogP contribution in [0.1, 0.15) is 32.1 Å². The topological polar surface area (TPSA) is 161 Å². The molecule has 1 saturated heterocycles. The monoisotopic (exact) mass is 366 g/mol. The Kier molecular flexibility index (Phi) is 6.15. The van der Waals surface area contributed by atoms with Crippen LogP contribution in [0.4, 0.5) is 4.79 Å². The van der Waals surface area contributed by atoms with Gasteiger partial charge in [0.1, 0.15) is 18.9 Å². The number of carbonyl (C=O) groups is 1. The summed E-state index contributed by atoms with van der Waals surface area (Å²) in [7, 11) is 0. The molecule has 1 aliphatic heterocycles. The largest absolute Gasteiger partial charge is 0.535 e. The molecule has 0 aromatic carbocycles. The van der Waals surface area contributed by atoms with Gasteiger partial charge in [0.25, 0.3) is 5.56 Å². The minimum Gasteiger partial charge on any atom is -0.430 e. The lowest BCUT2D eigenvalue weighted by molar-refractivity contribution is -0.0420. The number of oxime groups is 1. The summed E-state index contributed by atoms with van der Waals surface area (Å²) in [6.07, 6.45) is -1.07. The van der Waals surface area contributed by atoms with E-state index in [4.69, 9.17) is 15.0 Å². The van der Waals surface area contributed by atoms with Crippen LogP contribution in [-0.2, 0) is 14.3 Å². The Morgan fingerprint density at radius 1 is 1.50 bits per heavy atom. The van der Waals surface area contributed by atoms with Crippen LogP contribution in [0.3, 0.4) is 0 Å². The fourth-order valence-electron chi connectivity index (χ4n) is 2.33. The van der Waals surface area contributed by atoms with Gasteiger partial charge >= 0.3 is 11.8 Å². The fraction of sp³-hybridized carbons (Fsp3) is 0.571. The Morgan fingerprint density at radius 2 is 2.23 bits per heavy atom. The van der Waals surface area contributed by atoms with Gasteiger partial charge in [-0.1, -0.05) is 10.3 Å². The molecule has 2 rings (SSSR count). The van der Waals surface area contributed by atoms with E-state index in [1.807, 2.05) is 0 Å². The van der Waals surface area contributed by atoms with Gasteiger partial charge in [0.15, 0.2) is 0 Å². The number of nitrogens with one attached hydrogen (secondary N) is 1. The highest BCUT2D eigenvalue weighted by atomic mass is 16.8. The van der Waals surface area contributed by atoms with E-state index in [1.54, 1.807) is 20.8 Å². The van der Waals surface area contributed by atoms with Gasteiger partial charge < -0.3 is 9.47 Å². The van der Waals surface area contributed by atoms with Crippen LogP contribution in [0.2, 0.25) is 0 Å². The van der Waals surface area contributed by atoms with Crippen molar-refractivity contribution < 1.29 is 19.1 Å². The van der Waals surface area contributed by atoms with Crippen molar-refractivity contribution in [3.63, 3.8) is 0 Å². The number of carbonyl (C=O) groups excluding carboxylic acids is 1. The smallest absolute Gasteiger partial charge is 0.430 e. The van der Waals surface area contributed by atoms with Crippen molar-refractivity contribution in [1.82, 2.24) is 9.55 Å². The molecular formula is C14H18N6O6. The lowest BCUT2D eigenvalue weighted by atomic mass is 10.1. The Balaban J connectivity index is 2.11. The predicted octanol–water partition coefficient (Wildman–Crippen LogP) is 1.36. The zero-order valence-corrected chi connectivity index (χ0v) is 14.4. The molecular weight excluding hydrogens is 348 g/mol. The highest BCUT2D eigenvalue weighted by Gasteiger charge is 2.37. The summed E-state index contributed by atoms with van der Waals surface area (Å²) in [6.45, 7) is 4.56. The number of aryl methyl sites for hydroxylation is 1. The van der Waals surface area contributed by atoms with Crippen molar-refractivity contribution in [3.05, 3.63) is 43.0 Å². The fourth-order valence-corrected chi connectivity index (χ4v) is 2.33. The molecule has 1 N–H and O–H groups in total. The summed E-state index contributed by atoms with van der Waals surface area (Å²) in [6, 6.07) is -0.673. The highest BCUT2D eigenvalue weighted by molar-refractivity contribution is 5.79. The molecule has 0 amide bonds. The lowest BCUT2D eigenvalue weighted by Gasteiger charge is -2.16. The standard InChI is InChI=1S/C14H18N6O6/c1-7(2)18-26-14(23)24-6-10-9(17-19-15)4-11(25-10)20-5-8(3)12(21)16-13(20)22/h5,9-11H,4,6H2,1-3H3,(H,16,21,22)/t9-,10+,11+/m0/s1. The molecule has 1 aromatic heterocycles. The number of rotatable bonds is 5. The number of aromatic amines is 1. The van der Waals surface area contributed by atoms with E-state index >= 15 is 0 Å². The van der Waals surface area contributed by atoms with E-state index in [0.29, 0.717) is 11.3 Å². The molecule has 0 bridgehead atoms. The van der Waals surface area contributed by atoms with Gasteiger partial charge in [0.05, 0.1) is 11.8 Å². The van der Waals surface area contributed by atoms with Crippen molar-refractivity contribution in [2.45, 2.75) is 45.6 Å². The number of hydrogen-bond acceptors (Lipinski definition) is 8. The minimum atomic E-state index is -1.03. The molecule has 140 valence electrons. The van der Waals surface area contributed by atoms with Crippen molar-refractivity contribution in [2.75, 3.05) is 6.61 Å². The average Bonchev–Trinajstić information content (AvgIpc) is 2.97. The first kappa shape index (κ1) is 19.2. The Labute approximate surface area is 147 Å². The van der Waals surface area contributed by atoms with Crippen molar-refractivity contribution in [2.24, 2.45) is 10.3 Å². The number of ether oxygens (including phenoxy) is 2. The first-order valence-corrected chi connectivity index (χ1v) is 7.68. The number of nitrogens with zero attached hydrogens (tertiary/aromatic N) is 5. The lowest BCUT2D eigenvalue weighted by Crippen LogP contribution is -2.33. The molecule has 0 aliphatic carbocycles. The zero-order valence-electron chi connectivity index (χ0n) is 14.4. The van der Waals surface area contributed by atoms with Crippen LogP contribution in [-0.4, -0.2) is 40.2 Å². The zero-order chi connectivity index (χ0) is 19.3. The van der Waals surface area contributed by atoms with Gasteiger partial charge in [-0.25, -0.2) is 9.59 Å². The summed E-state index contributed by atoms with van der Waals surface area (Å²) < 4.78 is 11.8. The van der Waals surface area contributed by atoms with Crippen molar-refractivity contribution in [1.29, 1.82) is 0 Å². The Morgan fingerprint density at radius 3 is 2.88 bits per heavy atom. The molecule has 12 nitrogen and oxygen atoms in total. The SMILES string of the molecule is CC(C)=NOC(=O)OC[C@H]1O[C@@H](n2cc(C)c(=O)[nH]c2=O)C[C@@H]1N=[N+]=[N-]. The van der Waals surface area contributed by atoms with Crippen LogP contribution in [0.25, 0.3) is 10.4 Å². The molecule has 0 radical (unpaired) electrons. The van der Waals surface area contributed by atoms with Crippen LogP contribution in [0.15, 0.2) is 26.1 Å². The summed E-state index contributed by atoms with van der Waals surface area (Å²) in [4.78, 5) is 44.3. The maximum atomic E-state index is 12.0. The summed E-state index contributed by atoms with van der Waals surface area (Å²) in [5, 5.41) is 7.07. The van der Waals surface area contributed by atoms with Crippen LogP contribution in [0.5, 0.6) is 0 Å². The molecule has 2 heterocycles. The molecule has 0 unspecified atom stereocenters. The third-order valence-electron chi connectivity index (χ3n) is 3.53. The van der Waals surface area contributed by atoms with Crippen LogP contribution in [0, 0.1) is 6.92 Å². The number of aromatic nitrogens is 2. The van der Waals surface area contributed by atoms with Crippen LogP contribution < -0.4 is 11.2 Å². The second kappa shape index (κ2) is 8.32. The first-order valence-electron chi connectivity index (χ1n) is 7.68. The molecule has 26 heavy (non-hydrogen) atoms. The molecule has 0 spiro atoms. The van der Waals surface area contributed by atoms with Gasteiger partial charge in [-0.2, -0.15) is 0 Å². The third kappa shape index (κ3) is 4.71. The predicted molar refractivity (Wildman–Crippen MR) is 88.7 cm³/mol. The van der Waals surface area contributed by atoms with E-state index in [9.17, 15) is 14.4 Å². The molecule has 0 saturated carbocycles. The number of azide groups is 1. The van der Waals surface area contributed by atoms with E-state index < -0.39 is 35.8 Å². The van der Waals surface area contributed by atoms with Gasteiger partial charge in [-0.05, 0) is 26.3 Å². The normalized spacial score (nSPS) is 21.6. The number of hydrogen-bond donors (Lipinski definition) is 1. The molecule has 1 aliphatic rings. The summed E-state index contributed by atoms with van der Waals surface area (Å²) >= 11 is 0. The van der Waals surface area contributed by atoms with Gasteiger partial charge in [-0.3, -0.25) is 19.2 Å². The van der Waals surface area contributed by atoms with Gasteiger partial charge in [-0.15, -0.1) is 0 Å². The second-order valence-corrected chi connectivity index (χ2v) is 5.81. The van der Waals surface area contributed by atoms with E-state index in [0.717, 1.165) is 0 Å². The number of H-pyrrole nitrogens is 1. The maximum Gasteiger partial charge on any atom is 0.535 e. The van der Waals surface area contributed by atoms with Crippen molar-refractivity contribution in [3.8, 4) is 0 Å². The van der Waals surface area contributed by atoms with Crippen molar-refractivity contribution >= 4 is 11.9 Å². The van der Waals surface area contributed by atoms with Gasteiger partial charge in [0, 0.05) is 23.1 Å². The molecule has 1 fully saturated rings. The van der Waals surface area contributed by atoms with E-state index in [2.05, 4.69) is 25.0 Å². The Hall–Kier alpha value is -3.11. The maximum absolute atomic E-state index is 12.0. The van der Waals surface area contributed by atoms with Gasteiger partial charge in [0.2, 0.25) is 0 Å². The average molecular weight is 366 g/mol. The minimum absolute atomic E-state index is 0.171. The third-order valence-corrected chi connectivity index (χ3v) is 3.53. The quantitative estimate of drug-likeness (QED) is 0.157. The van der Waals surface area contributed by atoms with E-state index in [-0.39, 0.29) is 13.0 Å². The molecule has 3 atom stereocenters. The second-order valence-electron chi connectivity index (χ2n) is 5.81. The van der Waals surface area contributed by atoms with E-state index in [1.165, 1.54) is 10.8 Å². The summed E-state index contributed by atoms with van der Waals surface area (Å²) in [5.41, 5.74) is 8.40. The Bertz CT molecular complexity index is 863. The first-order chi connectivity index (χ1) is 12.3. The molecule has 12 heteroatoms. The summed E-state index contributed by atoms with van der Waals surface area (Å²) in [5.74, 6) is 0.